The van der Waals surface area contributed by atoms with Gasteiger partial charge in [0.15, 0.2) is 0 Å². The van der Waals surface area contributed by atoms with Crippen LogP contribution in [0.2, 0.25) is 0 Å². The van der Waals surface area contributed by atoms with Gasteiger partial charge in [-0.25, -0.2) is 4.79 Å². The SMILES string of the molecule is CC1(C)NC(=O)N(Cc2cc(C#CCCO)cs2)C1=O. The van der Waals surface area contributed by atoms with Gasteiger partial charge >= 0.3 is 6.03 Å². The first kappa shape index (κ1) is 14.6. The lowest BCUT2D eigenvalue weighted by Gasteiger charge is -2.15. The van der Waals surface area contributed by atoms with Gasteiger partial charge in [0.2, 0.25) is 0 Å². The van der Waals surface area contributed by atoms with E-state index in [0.29, 0.717) is 6.42 Å². The van der Waals surface area contributed by atoms with E-state index >= 15 is 0 Å². The number of imide groups is 1. The van der Waals surface area contributed by atoms with E-state index in [4.69, 9.17) is 5.11 Å². The molecular weight excluding hydrogens is 276 g/mol. The van der Waals surface area contributed by atoms with Gasteiger partial charge in [-0.2, -0.15) is 0 Å². The van der Waals surface area contributed by atoms with E-state index < -0.39 is 5.54 Å². The molecule has 1 fully saturated rings. The fourth-order valence-corrected chi connectivity index (χ4v) is 2.67. The summed E-state index contributed by atoms with van der Waals surface area (Å²) in [7, 11) is 0. The van der Waals surface area contributed by atoms with Crippen molar-refractivity contribution >= 4 is 23.3 Å². The number of nitrogens with one attached hydrogen (secondary N) is 1. The molecule has 2 rings (SSSR count). The minimum absolute atomic E-state index is 0.0432. The van der Waals surface area contributed by atoms with Crippen molar-refractivity contribution in [1.82, 2.24) is 10.2 Å². The Hall–Kier alpha value is -1.84. The van der Waals surface area contributed by atoms with E-state index in [2.05, 4.69) is 17.2 Å². The van der Waals surface area contributed by atoms with Crippen molar-refractivity contribution < 1.29 is 14.7 Å². The minimum atomic E-state index is -0.835. The Bertz CT molecular complexity index is 595. The maximum absolute atomic E-state index is 12.1. The van der Waals surface area contributed by atoms with Crippen molar-refractivity contribution in [2.75, 3.05) is 6.61 Å². The molecule has 0 atom stereocenters. The number of urea groups is 1. The molecule has 3 amide bonds. The number of aliphatic hydroxyl groups excluding tert-OH is 1. The molecule has 1 saturated heterocycles. The van der Waals surface area contributed by atoms with Crippen LogP contribution in [0.15, 0.2) is 11.4 Å². The molecule has 6 heteroatoms. The van der Waals surface area contributed by atoms with Crippen LogP contribution < -0.4 is 5.32 Å². The molecule has 0 radical (unpaired) electrons. The quantitative estimate of drug-likeness (QED) is 0.652. The van der Waals surface area contributed by atoms with Crippen LogP contribution in [0.3, 0.4) is 0 Å². The molecular formula is C14H16N2O3S. The van der Waals surface area contributed by atoms with Crippen LogP contribution in [-0.4, -0.2) is 34.1 Å². The van der Waals surface area contributed by atoms with Gasteiger partial charge in [-0.15, -0.1) is 11.3 Å². The summed E-state index contributed by atoms with van der Waals surface area (Å²) in [5, 5.41) is 13.2. The summed E-state index contributed by atoms with van der Waals surface area (Å²) < 4.78 is 0. The van der Waals surface area contributed by atoms with Crippen LogP contribution >= 0.6 is 11.3 Å². The molecule has 1 aromatic heterocycles. The van der Waals surface area contributed by atoms with Crippen LogP contribution in [0.5, 0.6) is 0 Å². The highest BCUT2D eigenvalue weighted by Crippen LogP contribution is 2.22. The first-order valence-corrected chi connectivity index (χ1v) is 7.13. The molecule has 5 nitrogen and oxygen atoms in total. The molecule has 1 aliphatic rings. The highest BCUT2D eigenvalue weighted by atomic mass is 32.1. The molecule has 2 N–H and O–H groups in total. The molecule has 0 aliphatic carbocycles. The van der Waals surface area contributed by atoms with Gasteiger partial charge in [0.25, 0.3) is 5.91 Å². The van der Waals surface area contributed by atoms with Gasteiger partial charge in [-0.05, 0) is 19.9 Å². The standard InChI is InChI=1S/C14H16N2O3S/c1-14(2)12(18)16(13(19)15-14)8-11-7-10(9-20-11)5-3-4-6-17/h7,9,17H,4,6,8H2,1-2H3,(H,15,19). The summed E-state index contributed by atoms with van der Waals surface area (Å²) >= 11 is 1.46. The van der Waals surface area contributed by atoms with Crippen LogP contribution in [0.25, 0.3) is 0 Å². The largest absolute Gasteiger partial charge is 0.395 e. The second-order valence-electron chi connectivity index (χ2n) is 5.02. The normalized spacial score (nSPS) is 16.9. The predicted molar refractivity (Wildman–Crippen MR) is 76.1 cm³/mol. The first-order valence-electron chi connectivity index (χ1n) is 6.25. The summed E-state index contributed by atoms with van der Waals surface area (Å²) in [6, 6.07) is 1.50. The number of carbonyl (C=O) groups excluding carboxylic acids is 2. The van der Waals surface area contributed by atoms with Gasteiger partial charge in [-0.1, -0.05) is 11.8 Å². The number of thiophene rings is 1. The fraction of sp³-hybridized carbons (Fsp3) is 0.429. The maximum Gasteiger partial charge on any atom is 0.325 e. The lowest BCUT2D eigenvalue weighted by molar-refractivity contribution is -0.130. The lowest BCUT2D eigenvalue weighted by Crippen LogP contribution is -2.40. The molecule has 2 heterocycles. The third-order valence-electron chi connectivity index (χ3n) is 2.88. The molecule has 1 aliphatic heterocycles. The van der Waals surface area contributed by atoms with Crippen LogP contribution in [0, 0.1) is 11.8 Å². The predicted octanol–water partition coefficient (Wildman–Crippen LogP) is 1.31. The second kappa shape index (κ2) is 5.65. The highest BCUT2D eigenvalue weighted by Gasteiger charge is 2.44. The lowest BCUT2D eigenvalue weighted by atomic mass is 10.1. The van der Waals surface area contributed by atoms with Crippen molar-refractivity contribution in [3.63, 3.8) is 0 Å². The Balaban J connectivity index is 2.07. The van der Waals surface area contributed by atoms with Crippen molar-refractivity contribution in [1.29, 1.82) is 0 Å². The summed E-state index contributed by atoms with van der Waals surface area (Å²) in [5.74, 6) is 5.54. The molecule has 1 aromatic rings. The van der Waals surface area contributed by atoms with Gasteiger partial charge in [0.05, 0.1) is 13.2 Å². The van der Waals surface area contributed by atoms with Crippen molar-refractivity contribution in [2.24, 2.45) is 0 Å². The average molecular weight is 292 g/mol. The molecule has 0 bridgehead atoms. The van der Waals surface area contributed by atoms with Gasteiger partial charge in [0.1, 0.15) is 5.54 Å². The van der Waals surface area contributed by atoms with Crippen molar-refractivity contribution in [3.05, 3.63) is 21.9 Å². The number of carbonyl (C=O) groups is 2. The first-order chi connectivity index (χ1) is 9.44. The number of hydrogen-bond acceptors (Lipinski definition) is 4. The Labute approximate surface area is 121 Å². The van der Waals surface area contributed by atoms with E-state index in [9.17, 15) is 9.59 Å². The van der Waals surface area contributed by atoms with E-state index in [1.807, 2.05) is 11.4 Å². The summed E-state index contributed by atoms with van der Waals surface area (Å²) in [6.07, 6.45) is 0.437. The second-order valence-corrected chi connectivity index (χ2v) is 6.02. The fourth-order valence-electron chi connectivity index (χ4n) is 1.87. The molecule has 106 valence electrons. The zero-order valence-corrected chi connectivity index (χ0v) is 12.2. The third-order valence-corrected chi connectivity index (χ3v) is 3.80. The monoisotopic (exact) mass is 292 g/mol. The van der Waals surface area contributed by atoms with E-state index in [1.165, 1.54) is 16.2 Å². The van der Waals surface area contributed by atoms with Crippen LogP contribution in [-0.2, 0) is 11.3 Å². The summed E-state index contributed by atoms with van der Waals surface area (Å²) in [5.41, 5.74) is 0.00253. The van der Waals surface area contributed by atoms with Crippen LogP contribution in [0.1, 0.15) is 30.7 Å². The Morgan fingerprint density at radius 3 is 2.80 bits per heavy atom. The number of amides is 3. The molecule has 0 saturated carbocycles. The third kappa shape index (κ3) is 3.00. The number of rotatable bonds is 3. The topological polar surface area (TPSA) is 69.6 Å². The number of hydrogen-bond donors (Lipinski definition) is 2. The van der Waals surface area contributed by atoms with Crippen molar-refractivity contribution in [2.45, 2.75) is 32.4 Å². The average Bonchev–Trinajstić information content (AvgIpc) is 2.89. The van der Waals surface area contributed by atoms with Gasteiger partial charge in [0, 0.05) is 22.2 Å². The molecule has 0 spiro atoms. The highest BCUT2D eigenvalue weighted by molar-refractivity contribution is 7.10. The Kier molecular flexibility index (Phi) is 4.12. The van der Waals surface area contributed by atoms with E-state index in [-0.39, 0.29) is 25.1 Å². The number of aliphatic hydroxyl groups is 1. The Morgan fingerprint density at radius 1 is 1.45 bits per heavy atom. The van der Waals surface area contributed by atoms with Gasteiger partial charge < -0.3 is 10.4 Å². The summed E-state index contributed by atoms with van der Waals surface area (Å²) in [6.45, 7) is 3.68. The molecule has 0 unspecified atom stereocenters. The zero-order valence-electron chi connectivity index (χ0n) is 11.4. The van der Waals surface area contributed by atoms with E-state index in [1.54, 1.807) is 13.8 Å². The minimum Gasteiger partial charge on any atom is -0.395 e. The maximum atomic E-state index is 12.1. The van der Waals surface area contributed by atoms with E-state index in [0.717, 1.165) is 10.4 Å². The number of nitrogens with zero attached hydrogens (tertiary/aromatic N) is 1. The smallest absolute Gasteiger partial charge is 0.325 e. The zero-order chi connectivity index (χ0) is 14.8. The molecule has 20 heavy (non-hydrogen) atoms. The van der Waals surface area contributed by atoms with Gasteiger partial charge in [-0.3, -0.25) is 9.69 Å². The van der Waals surface area contributed by atoms with Crippen LogP contribution in [0.4, 0.5) is 4.79 Å². The Morgan fingerprint density at radius 2 is 2.20 bits per heavy atom. The molecule has 0 aromatic carbocycles. The van der Waals surface area contributed by atoms with Crippen molar-refractivity contribution in [3.8, 4) is 11.8 Å². The summed E-state index contributed by atoms with van der Waals surface area (Å²) in [4.78, 5) is 25.9.